The minimum atomic E-state index is -0.531. The third kappa shape index (κ3) is 8.96. The van der Waals surface area contributed by atoms with Gasteiger partial charge in [-0.3, -0.25) is 0 Å². The van der Waals surface area contributed by atoms with Crippen molar-refractivity contribution in [3.63, 3.8) is 0 Å². The van der Waals surface area contributed by atoms with Crippen LogP contribution in [0.1, 0.15) is 30.9 Å². The highest BCUT2D eigenvalue weighted by molar-refractivity contribution is 5.97. The van der Waals surface area contributed by atoms with Crippen LogP contribution in [-0.4, -0.2) is 64.9 Å². The molecule has 9 heteroatoms. The highest BCUT2D eigenvalue weighted by atomic mass is 16.6. The molecule has 42 heavy (non-hydrogen) atoms. The minimum Gasteiger partial charge on any atom is -0.490 e. The number of hydrogen-bond acceptors (Lipinski definition) is 8. The summed E-state index contributed by atoms with van der Waals surface area (Å²) in [6, 6.07) is 17.5. The third-order valence-electron chi connectivity index (χ3n) is 6.67. The lowest BCUT2D eigenvalue weighted by Gasteiger charge is -2.25. The van der Waals surface area contributed by atoms with Crippen molar-refractivity contribution in [2.75, 3.05) is 52.8 Å². The lowest BCUT2D eigenvalue weighted by atomic mass is 9.87. The maximum Gasteiger partial charge on any atom is 0.412 e. The molecular formula is C33H39NO8. The highest BCUT2D eigenvalue weighted by Crippen LogP contribution is 2.44. The Morgan fingerprint density at radius 1 is 0.738 bits per heavy atom. The molecule has 224 valence electrons. The zero-order chi connectivity index (χ0) is 29.6. The van der Waals surface area contributed by atoms with Crippen molar-refractivity contribution in [3.05, 3.63) is 77.9 Å². The summed E-state index contributed by atoms with van der Waals surface area (Å²) >= 11 is 0. The van der Waals surface area contributed by atoms with Gasteiger partial charge >= 0.3 is 12.1 Å². The van der Waals surface area contributed by atoms with Crippen LogP contribution in [0.4, 0.5) is 4.79 Å². The number of fused-ring (bicyclic) bond motifs is 2. The average Bonchev–Trinajstić information content (AvgIpc) is 3.01. The van der Waals surface area contributed by atoms with E-state index >= 15 is 0 Å². The molecule has 0 aromatic heterocycles. The van der Waals surface area contributed by atoms with Crippen molar-refractivity contribution in [2.24, 2.45) is 0 Å². The van der Waals surface area contributed by atoms with Gasteiger partial charge in [0.25, 0.3) is 0 Å². The van der Waals surface area contributed by atoms with Gasteiger partial charge in [0.15, 0.2) is 0 Å². The van der Waals surface area contributed by atoms with Crippen LogP contribution < -0.4 is 19.5 Å². The van der Waals surface area contributed by atoms with E-state index in [1.165, 1.54) is 0 Å². The van der Waals surface area contributed by atoms with Gasteiger partial charge in [0.2, 0.25) is 0 Å². The molecule has 0 aliphatic heterocycles. The van der Waals surface area contributed by atoms with E-state index in [-0.39, 0.29) is 19.8 Å². The predicted molar refractivity (Wildman–Crippen MR) is 159 cm³/mol. The Morgan fingerprint density at radius 3 is 2.05 bits per heavy atom. The molecule has 0 atom stereocenters. The first-order valence-corrected chi connectivity index (χ1v) is 14.4. The lowest BCUT2D eigenvalue weighted by Crippen LogP contribution is -2.31. The van der Waals surface area contributed by atoms with Crippen molar-refractivity contribution < 1.29 is 38.0 Å². The van der Waals surface area contributed by atoms with Crippen LogP contribution in [0.15, 0.2) is 66.7 Å². The van der Waals surface area contributed by atoms with Crippen LogP contribution >= 0.6 is 0 Å². The summed E-state index contributed by atoms with van der Waals surface area (Å²) < 4.78 is 33.9. The summed E-state index contributed by atoms with van der Waals surface area (Å²) in [5.74, 6) is 1.80. The minimum absolute atomic E-state index is 0.160. The number of ether oxygens (including phenoxy) is 6. The fourth-order valence-corrected chi connectivity index (χ4v) is 4.70. The Morgan fingerprint density at radius 2 is 1.33 bits per heavy atom. The van der Waals surface area contributed by atoms with Gasteiger partial charge in [-0.25, -0.2) is 9.59 Å². The Bertz CT molecular complexity index is 1340. The molecule has 3 aromatic rings. The summed E-state index contributed by atoms with van der Waals surface area (Å²) in [6.45, 7) is 7.66. The van der Waals surface area contributed by atoms with Crippen molar-refractivity contribution in [3.8, 4) is 17.2 Å². The second-order valence-electron chi connectivity index (χ2n) is 9.84. The maximum absolute atomic E-state index is 12.8. The quantitative estimate of drug-likeness (QED) is 0.137. The summed E-state index contributed by atoms with van der Waals surface area (Å²) in [5, 5.41) is 4.53. The molecule has 9 nitrogen and oxygen atoms in total. The summed E-state index contributed by atoms with van der Waals surface area (Å²) in [7, 11) is 0. The van der Waals surface area contributed by atoms with Gasteiger partial charge in [0.1, 0.15) is 37.1 Å². The van der Waals surface area contributed by atoms with Gasteiger partial charge < -0.3 is 33.7 Å². The Labute approximate surface area is 246 Å². The largest absolute Gasteiger partial charge is 0.490 e. The van der Waals surface area contributed by atoms with Crippen molar-refractivity contribution in [2.45, 2.75) is 32.6 Å². The molecule has 1 N–H and O–H groups in total. The first-order valence-electron chi connectivity index (χ1n) is 14.4. The number of hydrogen-bond donors (Lipinski definition) is 1. The monoisotopic (exact) mass is 577 g/mol. The van der Waals surface area contributed by atoms with Crippen molar-refractivity contribution in [1.29, 1.82) is 0 Å². The molecule has 0 bridgehead atoms. The zero-order valence-electron chi connectivity index (χ0n) is 24.2. The van der Waals surface area contributed by atoms with Gasteiger partial charge in [0.05, 0.1) is 26.4 Å². The Hall–Kier alpha value is -4.08. The Balaban J connectivity index is 1.27. The number of carbonyl (C=O) groups excluding carboxylic acids is 2. The molecule has 4 rings (SSSR count). The van der Waals surface area contributed by atoms with Gasteiger partial charge in [-0.2, -0.15) is 0 Å². The van der Waals surface area contributed by atoms with Gasteiger partial charge in [-0.15, -0.1) is 0 Å². The van der Waals surface area contributed by atoms with Gasteiger partial charge in [-0.1, -0.05) is 49.0 Å². The van der Waals surface area contributed by atoms with Crippen LogP contribution in [0.25, 0.3) is 10.8 Å². The molecule has 0 saturated heterocycles. The molecule has 1 aliphatic carbocycles. The van der Waals surface area contributed by atoms with Crippen LogP contribution in [0.2, 0.25) is 0 Å². The molecule has 0 unspecified atom stereocenters. The molecule has 0 spiro atoms. The third-order valence-corrected chi connectivity index (χ3v) is 6.67. The SMILES string of the molecule is C=C(C)C(=O)OCCOCCOCCNC(=O)Oc1c2c(c(OCCOc3ccccc3)c3ccccc13)CCCC2. The number of nitrogens with one attached hydrogen (secondary N) is 1. The van der Waals surface area contributed by atoms with E-state index in [1.807, 2.05) is 54.6 Å². The second-order valence-corrected chi connectivity index (χ2v) is 9.84. The van der Waals surface area contributed by atoms with E-state index < -0.39 is 12.1 Å². The fourth-order valence-electron chi connectivity index (χ4n) is 4.70. The molecule has 3 aromatic carbocycles. The molecule has 0 saturated carbocycles. The smallest absolute Gasteiger partial charge is 0.412 e. The molecular weight excluding hydrogens is 538 g/mol. The second kappa shape index (κ2) is 16.4. The normalized spacial score (nSPS) is 12.3. The maximum atomic E-state index is 12.8. The van der Waals surface area contributed by atoms with Crippen LogP contribution in [-0.2, 0) is 31.8 Å². The van der Waals surface area contributed by atoms with E-state index in [2.05, 4.69) is 11.9 Å². The first kappa shape index (κ1) is 30.9. The standard InChI is InChI=1S/C33H39NO8/c1-24(2)32(35)41-21-20-38-19-18-37-17-16-34-33(36)42-31-28-14-8-6-12-26(28)30(27-13-7-9-15-29(27)31)40-23-22-39-25-10-4-3-5-11-25/h3-6,8,10-12,14H,1,7,9,13,15-23H2,2H3,(H,34,36). The molecule has 0 heterocycles. The topological polar surface area (TPSA) is 102 Å². The molecule has 0 fully saturated rings. The number of benzene rings is 3. The van der Waals surface area contributed by atoms with E-state index in [0.717, 1.165) is 59.1 Å². The van der Waals surface area contributed by atoms with E-state index in [0.29, 0.717) is 44.4 Å². The predicted octanol–water partition coefficient (Wildman–Crippen LogP) is 5.42. The molecule has 0 radical (unpaired) electrons. The van der Waals surface area contributed by atoms with Gasteiger partial charge in [-0.05, 0) is 44.7 Å². The highest BCUT2D eigenvalue weighted by Gasteiger charge is 2.25. The van der Waals surface area contributed by atoms with E-state index in [1.54, 1.807) is 6.92 Å². The van der Waals surface area contributed by atoms with Crippen LogP contribution in [0, 0.1) is 0 Å². The summed E-state index contributed by atoms with van der Waals surface area (Å²) in [4.78, 5) is 24.1. The first-order chi connectivity index (χ1) is 20.5. The number of rotatable bonds is 16. The van der Waals surface area contributed by atoms with Crippen LogP contribution in [0.3, 0.4) is 0 Å². The molecule has 1 aliphatic rings. The average molecular weight is 578 g/mol. The van der Waals surface area contributed by atoms with Crippen LogP contribution in [0.5, 0.6) is 17.2 Å². The Kier molecular flexibility index (Phi) is 12.0. The number of carbonyl (C=O) groups is 2. The zero-order valence-corrected chi connectivity index (χ0v) is 24.2. The van der Waals surface area contributed by atoms with Crippen molar-refractivity contribution in [1.82, 2.24) is 5.32 Å². The lowest BCUT2D eigenvalue weighted by molar-refractivity contribution is -0.140. The summed E-state index contributed by atoms with van der Waals surface area (Å²) in [5.41, 5.74) is 2.47. The molecule has 1 amide bonds. The number of esters is 1. The van der Waals surface area contributed by atoms with Crippen molar-refractivity contribution >= 4 is 22.8 Å². The number of para-hydroxylation sites is 1. The summed E-state index contributed by atoms with van der Waals surface area (Å²) in [6.07, 6.45) is 3.21. The van der Waals surface area contributed by atoms with Gasteiger partial charge in [0, 0.05) is 34.0 Å². The fraction of sp³-hybridized carbons (Fsp3) is 0.394. The van der Waals surface area contributed by atoms with E-state index in [9.17, 15) is 9.59 Å². The number of amides is 1. The van der Waals surface area contributed by atoms with E-state index in [4.69, 9.17) is 28.4 Å².